The lowest BCUT2D eigenvalue weighted by Crippen LogP contribution is -2.04. The number of rotatable bonds is 3. The Bertz CT molecular complexity index is 513. The predicted octanol–water partition coefficient (Wildman–Crippen LogP) is 3.32. The number of halogens is 1. The Morgan fingerprint density at radius 3 is 2.76 bits per heavy atom. The van der Waals surface area contributed by atoms with Crippen LogP contribution in [0.4, 0.5) is 0 Å². The zero-order valence-electron chi connectivity index (χ0n) is 9.60. The van der Waals surface area contributed by atoms with Gasteiger partial charge < -0.3 is 5.11 Å². The third-order valence-electron chi connectivity index (χ3n) is 2.81. The molecule has 2 nitrogen and oxygen atoms in total. The lowest BCUT2D eigenvalue weighted by molar-refractivity contribution is 0.177. The van der Waals surface area contributed by atoms with Gasteiger partial charge in [-0.1, -0.05) is 29.8 Å². The molecular formula is C14H14ClNO. The molecule has 1 aromatic carbocycles. The summed E-state index contributed by atoms with van der Waals surface area (Å²) in [4.78, 5) is 4.04. The first-order chi connectivity index (χ1) is 8.18. The monoisotopic (exact) mass is 247 g/mol. The van der Waals surface area contributed by atoms with E-state index >= 15 is 0 Å². The summed E-state index contributed by atoms with van der Waals surface area (Å²) in [5, 5.41) is 10.9. The number of aliphatic hydroxyl groups excluding tert-OH is 1. The maximum Gasteiger partial charge on any atom is 0.0848 e. The number of pyridine rings is 1. The summed E-state index contributed by atoms with van der Waals surface area (Å²) in [7, 11) is 0. The van der Waals surface area contributed by atoms with Gasteiger partial charge >= 0.3 is 0 Å². The highest BCUT2D eigenvalue weighted by atomic mass is 35.5. The first-order valence-electron chi connectivity index (χ1n) is 5.50. The topological polar surface area (TPSA) is 33.1 Å². The lowest BCUT2D eigenvalue weighted by Gasteiger charge is -2.13. The molecule has 1 unspecified atom stereocenters. The van der Waals surface area contributed by atoms with Crippen molar-refractivity contribution in [2.24, 2.45) is 0 Å². The molecule has 0 saturated carbocycles. The van der Waals surface area contributed by atoms with Gasteiger partial charge in [0.2, 0.25) is 0 Å². The summed E-state index contributed by atoms with van der Waals surface area (Å²) in [5.74, 6) is 0. The number of aromatic nitrogens is 1. The third kappa shape index (κ3) is 2.84. The summed E-state index contributed by atoms with van der Waals surface area (Å²) < 4.78 is 0. The quantitative estimate of drug-likeness (QED) is 0.903. The Balaban J connectivity index is 2.20. The van der Waals surface area contributed by atoms with Gasteiger partial charge in [-0.15, -0.1) is 0 Å². The zero-order chi connectivity index (χ0) is 12.3. The summed E-state index contributed by atoms with van der Waals surface area (Å²) in [5.41, 5.74) is 2.84. The first-order valence-corrected chi connectivity index (χ1v) is 5.88. The SMILES string of the molecule is Cc1ccncc1C(O)Cc1ccccc1Cl. The van der Waals surface area contributed by atoms with Crippen LogP contribution in [0.15, 0.2) is 42.7 Å². The highest BCUT2D eigenvalue weighted by Crippen LogP contribution is 2.24. The van der Waals surface area contributed by atoms with Gasteiger partial charge in [-0.25, -0.2) is 0 Å². The molecule has 17 heavy (non-hydrogen) atoms. The Morgan fingerprint density at radius 2 is 2.06 bits per heavy atom. The van der Waals surface area contributed by atoms with Gasteiger partial charge in [0.1, 0.15) is 0 Å². The maximum atomic E-state index is 10.2. The van der Waals surface area contributed by atoms with E-state index in [1.54, 1.807) is 12.4 Å². The molecule has 0 saturated heterocycles. The highest BCUT2D eigenvalue weighted by molar-refractivity contribution is 6.31. The summed E-state index contributed by atoms with van der Waals surface area (Å²) in [6.45, 7) is 1.97. The highest BCUT2D eigenvalue weighted by Gasteiger charge is 2.12. The van der Waals surface area contributed by atoms with Crippen molar-refractivity contribution >= 4 is 11.6 Å². The van der Waals surface area contributed by atoms with E-state index in [1.165, 1.54) is 0 Å². The summed E-state index contributed by atoms with van der Waals surface area (Å²) in [6.07, 6.45) is 3.37. The predicted molar refractivity (Wildman–Crippen MR) is 69.1 cm³/mol. The van der Waals surface area contributed by atoms with E-state index < -0.39 is 6.10 Å². The number of aliphatic hydroxyl groups is 1. The van der Waals surface area contributed by atoms with Crippen molar-refractivity contribution in [2.75, 3.05) is 0 Å². The van der Waals surface area contributed by atoms with Crippen LogP contribution in [-0.2, 0) is 6.42 Å². The second-order valence-corrected chi connectivity index (χ2v) is 4.45. The molecule has 0 bridgehead atoms. The third-order valence-corrected chi connectivity index (χ3v) is 3.18. The molecule has 88 valence electrons. The van der Waals surface area contributed by atoms with Crippen LogP contribution in [0.3, 0.4) is 0 Å². The minimum Gasteiger partial charge on any atom is -0.388 e. The molecule has 0 aliphatic rings. The standard InChI is InChI=1S/C14H14ClNO/c1-10-6-7-16-9-12(10)14(17)8-11-4-2-3-5-13(11)15/h2-7,9,14,17H,8H2,1H3. The second kappa shape index (κ2) is 5.30. The van der Waals surface area contributed by atoms with E-state index in [4.69, 9.17) is 11.6 Å². The molecule has 1 atom stereocenters. The average Bonchev–Trinajstić information content (AvgIpc) is 2.32. The molecule has 0 amide bonds. The fourth-order valence-corrected chi connectivity index (χ4v) is 2.02. The molecule has 0 spiro atoms. The number of hydrogen-bond acceptors (Lipinski definition) is 2. The van der Waals surface area contributed by atoms with E-state index in [0.29, 0.717) is 11.4 Å². The van der Waals surface area contributed by atoms with Gasteiger partial charge in [0.25, 0.3) is 0 Å². The Morgan fingerprint density at radius 1 is 1.29 bits per heavy atom. The van der Waals surface area contributed by atoms with E-state index in [1.807, 2.05) is 37.3 Å². The lowest BCUT2D eigenvalue weighted by atomic mass is 10.00. The van der Waals surface area contributed by atoms with Crippen molar-refractivity contribution in [3.05, 3.63) is 64.4 Å². The van der Waals surface area contributed by atoms with Crippen molar-refractivity contribution in [1.82, 2.24) is 4.98 Å². The van der Waals surface area contributed by atoms with Crippen LogP contribution >= 0.6 is 11.6 Å². The van der Waals surface area contributed by atoms with Crippen LogP contribution in [0.1, 0.15) is 22.8 Å². The molecule has 3 heteroatoms. The van der Waals surface area contributed by atoms with Gasteiger partial charge in [0.05, 0.1) is 6.10 Å². The largest absolute Gasteiger partial charge is 0.388 e. The van der Waals surface area contributed by atoms with Gasteiger partial charge in [0.15, 0.2) is 0 Å². The summed E-state index contributed by atoms with van der Waals surface area (Å²) >= 11 is 6.07. The van der Waals surface area contributed by atoms with Gasteiger partial charge in [-0.05, 0) is 30.2 Å². The Kier molecular flexibility index (Phi) is 3.77. The Labute approximate surface area is 106 Å². The van der Waals surface area contributed by atoms with E-state index in [-0.39, 0.29) is 0 Å². The minimum absolute atomic E-state index is 0.506. The molecular weight excluding hydrogens is 234 g/mol. The molecule has 0 radical (unpaired) electrons. The minimum atomic E-state index is -0.566. The van der Waals surface area contributed by atoms with E-state index in [0.717, 1.165) is 16.7 Å². The van der Waals surface area contributed by atoms with E-state index in [9.17, 15) is 5.11 Å². The number of aryl methyl sites for hydroxylation is 1. The summed E-state index contributed by atoms with van der Waals surface area (Å²) in [6, 6.07) is 9.46. The van der Waals surface area contributed by atoms with Crippen LogP contribution in [0.5, 0.6) is 0 Å². The fraction of sp³-hybridized carbons (Fsp3) is 0.214. The van der Waals surface area contributed by atoms with Crippen molar-refractivity contribution in [3.63, 3.8) is 0 Å². The number of benzene rings is 1. The van der Waals surface area contributed by atoms with Crippen LogP contribution in [-0.4, -0.2) is 10.1 Å². The fourth-order valence-electron chi connectivity index (χ4n) is 1.81. The Hall–Kier alpha value is -1.38. The molecule has 0 fully saturated rings. The molecule has 1 N–H and O–H groups in total. The molecule has 2 rings (SSSR count). The van der Waals surface area contributed by atoms with Gasteiger partial charge in [0, 0.05) is 29.4 Å². The molecule has 1 heterocycles. The molecule has 2 aromatic rings. The van der Waals surface area contributed by atoms with Crippen molar-refractivity contribution in [1.29, 1.82) is 0 Å². The van der Waals surface area contributed by atoms with Gasteiger partial charge in [-0.2, -0.15) is 0 Å². The smallest absolute Gasteiger partial charge is 0.0848 e. The van der Waals surface area contributed by atoms with Crippen molar-refractivity contribution in [3.8, 4) is 0 Å². The first kappa shape index (κ1) is 12.1. The molecule has 0 aliphatic carbocycles. The van der Waals surface area contributed by atoms with Gasteiger partial charge in [-0.3, -0.25) is 4.98 Å². The molecule has 1 aromatic heterocycles. The van der Waals surface area contributed by atoms with Crippen LogP contribution in [0.2, 0.25) is 5.02 Å². The maximum absolute atomic E-state index is 10.2. The zero-order valence-corrected chi connectivity index (χ0v) is 10.4. The van der Waals surface area contributed by atoms with Crippen molar-refractivity contribution in [2.45, 2.75) is 19.4 Å². The number of nitrogens with zero attached hydrogens (tertiary/aromatic N) is 1. The van der Waals surface area contributed by atoms with Crippen LogP contribution < -0.4 is 0 Å². The van der Waals surface area contributed by atoms with Crippen molar-refractivity contribution < 1.29 is 5.11 Å². The van der Waals surface area contributed by atoms with Crippen LogP contribution in [0, 0.1) is 6.92 Å². The normalized spacial score (nSPS) is 12.4. The molecule has 0 aliphatic heterocycles. The number of hydrogen-bond donors (Lipinski definition) is 1. The average molecular weight is 248 g/mol. The second-order valence-electron chi connectivity index (χ2n) is 4.04. The van der Waals surface area contributed by atoms with Crippen LogP contribution in [0.25, 0.3) is 0 Å². The van der Waals surface area contributed by atoms with E-state index in [2.05, 4.69) is 4.98 Å².